The standard InChI is InChI=1S/C17H21NS/c1-12(2)14-6-10-17(11-7-14)19-13(3)15-4-8-16(18)9-5-15/h4-13H,18H2,1-3H3. The topological polar surface area (TPSA) is 26.0 Å². The van der Waals surface area contributed by atoms with Crippen LogP contribution in [0.3, 0.4) is 0 Å². The number of nitrogens with two attached hydrogens (primary N) is 1. The molecule has 2 aromatic rings. The number of rotatable bonds is 4. The molecule has 0 saturated carbocycles. The zero-order valence-corrected chi connectivity index (χ0v) is 12.6. The lowest BCUT2D eigenvalue weighted by Gasteiger charge is -2.13. The summed E-state index contributed by atoms with van der Waals surface area (Å²) in [6.45, 7) is 6.67. The molecule has 0 aliphatic carbocycles. The van der Waals surface area contributed by atoms with E-state index in [0.717, 1.165) is 5.69 Å². The molecule has 0 heterocycles. The average molecular weight is 271 g/mol. The fourth-order valence-corrected chi connectivity index (χ4v) is 2.97. The second kappa shape index (κ2) is 6.16. The summed E-state index contributed by atoms with van der Waals surface area (Å²) in [6, 6.07) is 17.0. The van der Waals surface area contributed by atoms with E-state index in [1.807, 2.05) is 23.9 Å². The Kier molecular flexibility index (Phi) is 4.54. The molecule has 0 spiro atoms. The summed E-state index contributed by atoms with van der Waals surface area (Å²) in [4.78, 5) is 1.31. The van der Waals surface area contributed by atoms with E-state index in [9.17, 15) is 0 Å². The minimum Gasteiger partial charge on any atom is -0.399 e. The number of anilines is 1. The number of hydrogen-bond donors (Lipinski definition) is 1. The van der Waals surface area contributed by atoms with Gasteiger partial charge in [-0.25, -0.2) is 0 Å². The van der Waals surface area contributed by atoms with Crippen LogP contribution in [0.1, 0.15) is 43.1 Å². The molecule has 1 atom stereocenters. The van der Waals surface area contributed by atoms with Gasteiger partial charge in [0.25, 0.3) is 0 Å². The minimum absolute atomic E-state index is 0.436. The summed E-state index contributed by atoms with van der Waals surface area (Å²) in [7, 11) is 0. The molecule has 0 radical (unpaired) electrons. The van der Waals surface area contributed by atoms with Crippen molar-refractivity contribution in [2.45, 2.75) is 36.8 Å². The second-order valence-corrected chi connectivity index (χ2v) is 6.56. The number of hydrogen-bond acceptors (Lipinski definition) is 2. The van der Waals surface area contributed by atoms with Crippen molar-refractivity contribution in [2.75, 3.05) is 5.73 Å². The Morgan fingerprint density at radius 3 is 1.84 bits per heavy atom. The van der Waals surface area contributed by atoms with Crippen LogP contribution in [0.5, 0.6) is 0 Å². The van der Waals surface area contributed by atoms with E-state index in [2.05, 4.69) is 57.2 Å². The summed E-state index contributed by atoms with van der Waals surface area (Å²) in [6.07, 6.45) is 0. The van der Waals surface area contributed by atoms with Crippen LogP contribution < -0.4 is 5.73 Å². The van der Waals surface area contributed by atoms with Gasteiger partial charge in [0.1, 0.15) is 0 Å². The van der Waals surface area contributed by atoms with Gasteiger partial charge in [0.15, 0.2) is 0 Å². The van der Waals surface area contributed by atoms with Gasteiger partial charge < -0.3 is 5.73 Å². The third-order valence-electron chi connectivity index (χ3n) is 3.27. The van der Waals surface area contributed by atoms with Crippen molar-refractivity contribution < 1.29 is 0 Å². The largest absolute Gasteiger partial charge is 0.399 e. The molecule has 0 aliphatic heterocycles. The normalized spacial score (nSPS) is 12.6. The Morgan fingerprint density at radius 1 is 0.789 bits per heavy atom. The number of benzene rings is 2. The van der Waals surface area contributed by atoms with Crippen LogP contribution in [0.4, 0.5) is 5.69 Å². The van der Waals surface area contributed by atoms with Gasteiger partial charge in [-0.15, -0.1) is 11.8 Å². The minimum atomic E-state index is 0.436. The number of thioether (sulfide) groups is 1. The van der Waals surface area contributed by atoms with Crippen LogP contribution in [-0.4, -0.2) is 0 Å². The highest BCUT2D eigenvalue weighted by molar-refractivity contribution is 7.99. The molecular formula is C17H21NS. The van der Waals surface area contributed by atoms with Gasteiger partial charge in [0.05, 0.1) is 0 Å². The number of nitrogen functional groups attached to an aromatic ring is 1. The first-order chi connectivity index (χ1) is 9.06. The van der Waals surface area contributed by atoms with Crippen LogP contribution in [-0.2, 0) is 0 Å². The zero-order chi connectivity index (χ0) is 13.8. The Balaban J connectivity index is 2.06. The molecule has 0 amide bonds. The lowest BCUT2D eigenvalue weighted by molar-refractivity contribution is 0.865. The SMILES string of the molecule is CC(C)c1ccc(SC(C)c2ccc(N)cc2)cc1. The molecule has 0 bridgehead atoms. The summed E-state index contributed by atoms with van der Waals surface area (Å²) in [5, 5.41) is 0.436. The fourth-order valence-electron chi connectivity index (χ4n) is 1.97. The van der Waals surface area contributed by atoms with E-state index in [1.54, 1.807) is 0 Å². The van der Waals surface area contributed by atoms with Crippen molar-refractivity contribution >= 4 is 17.4 Å². The molecule has 2 N–H and O–H groups in total. The predicted octanol–water partition coefficient (Wildman–Crippen LogP) is 5.25. The second-order valence-electron chi connectivity index (χ2n) is 5.15. The summed E-state index contributed by atoms with van der Waals surface area (Å²) < 4.78 is 0. The van der Waals surface area contributed by atoms with Crippen LogP contribution in [0.25, 0.3) is 0 Å². The molecule has 100 valence electrons. The first-order valence-electron chi connectivity index (χ1n) is 6.68. The van der Waals surface area contributed by atoms with Crippen LogP contribution >= 0.6 is 11.8 Å². The molecule has 2 aromatic carbocycles. The van der Waals surface area contributed by atoms with Crippen molar-refractivity contribution in [2.24, 2.45) is 0 Å². The van der Waals surface area contributed by atoms with Gasteiger partial charge in [0.2, 0.25) is 0 Å². The van der Waals surface area contributed by atoms with Gasteiger partial charge in [-0.2, -0.15) is 0 Å². The van der Waals surface area contributed by atoms with Crippen LogP contribution in [0.2, 0.25) is 0 Å². The van der Waals surface area contributed by atoms with E-state index in [4.69, 9.17) is 5.73 Å². The highest BCUT2D eigenvalue weighted by Gasteiger charge is 2.07. The van der Waals surface area contributed by atoms with Crippen LogP contribution in [0, 0.1) is 0 Å². The van der Waals surface area contributed by atoms with Gasteiger partial charge >= 0.3 is 0 Å². The van der Waals surface area contributed by atoms with E-state index in [-0.39, 0.29) is 0 Å². The molecule has 1 unspecified atom stereocenters. The lowest BCUT2D eigenvalue weighted by Crippen LogP contribution is -1.91. The van der Waals surface area contributed by atoms with Gasteiger partial charge in [-0.3, -0.25) is 0 Å². The van der Waals surface area contributed by atoms with Gasteiger partial charge in [-0.1, -0.05) is 38.1 Å². The van der Waals surface area contributed by atoms with Crippen LogP contribution in [0.15, 0.2) is 53.4 Å². The fraction of sp³-hybridized carbons (Fsp3) is 0.294. The van der Waals surface area contributed by atoms with Gasteiger partial charge in [0, 0.05) is 15.8 Å². The molecule has 2 rings (SSSR count). The van der Waals surface area contributed by atoms with Crippen molar-refractivity contribution in [3.05, 3.63) is 59.7 Å². The summed E-state index contributed by atoms with van der Waals surface area (Å²) >= 11 is 1.88. The quantitative estimate of drug-likeness (QED) is 0.607. The van der Waals surface area contributed by atoms with E-state index in [1.165, 1.54) is 16.0 Å². The first kappa shape index (κ1) is 14.0. The van der Waals surface area contributed by atoms with Gasteiger partial charge in [-0.05, 0) is 48.2 Å². The summed E-state index contributed by atoms with van der Waals surface area (Å²) in [5.41, 5.74) is 9.24. The van der Waals surface area contributed by atoms with Crippen molar-refractivity contribution in [1.82, 2.24) is 0 Å². The maximum absolute atomic E-state index is 5.72. The first-order valence-corrected chi connectivity index (χ1v) is 7.56. The average Bonchev–Trinajstić information content (AvgIpc) is 2.40. The Labute approximate surface area is 120 Å². The Bertz CT molecular complexity index is 514. The maximum atomic E-state index is 5.72. The molecule has 19 heavy (non-hydrogen) atoms. The maximum Gasteiger partial charge on any atom is 0.0316 e. The third kappa shape index (κ3) is 3.77. The zero-order valence-electron chi connectivity index (χ0n) is 11.8. The smallest absolute Gasteiger partial charge is 0.0316 e. The molecule has 0 aromatic heterocycles. The third-order valence-corrected chi connectivity index (χ3v) is 4.44. The van der Waals surface area contributed by atoms with E-state index >= 15 is 0 Å². The molecule has 1 nitrogen and oxygen atoms in total. The van der Waals surface area contributed by atoms with E-state index < -0.39 is 0 Å². The predicted molar refractivity (Wildman–Crippen MR) is 85.7 cm³/mol. The molecule has 0 fully saturated rings. The Morgan fingerprint density at radius 2 is 1.32 bits per heavy atom. The van der Waals surface area contributed by atoms with Crippen molar-refractivity contribution in [3.63, 3.8) is 0 Å². The summed E-state index contributed by atoms with van der Waals surface area (Å²) in [5.74, 6) is 0.591. The monoisotopic (exact) mass is 271 g/mol. The molecule has 0 saturated heterocycles. The molecular weight excluding hydrogens is 250 g/mol. The lowest BCUT2D eigenvalue weighted by atomic mass is 10.0. The molecule has 2 heteroatoms. The molecule has 0 aliphatic rings. The highest BCUT2D eigenvalue weighted by Crippen LogP contribution is 2.35. The van der Waals surface area contributed by atoms with Crippen molar-refractivity contribution in [1.29, 1.82) is 0 Å². The Hall–Kier alpha value is -1.41. The highest BCUT2D eigenvalue weighted by atomic mass is 32.2. The van der Waals surface area contributed by atoms with Crippen molar-refractivity contribution in [3.8, 4) is 0 Å². The van der Waals surface area contributed by atoms with E-state index in [0.29, 0.717) is 11.2 Å².